The Morgan fingerprint density at radius 1 is 1.55 bits per heavy atom. The maximum absolute atomic E-state index is 12.2. The van der Waals surface area contributed by atoms with E-state index in [1.54, 1.807) is 16.9 Å². The van der Waals surface area contributed by atoms with E-state index in [-0.39, 0.29) is 5.91 Å². The minimum absolute atomic E-state index is 0.147. The number of nitrogens with one attached hydrogen (secondary N) is 2. The topological polar surface area (TPSA) is 76.8 Å². The Bertz CT molecular complexity index is 653. The highest BCUT2D eigenvalue weighted by atomic mass is 16.1. The lowest BCUT2D eigenvalue weighted by Crippen LogP contribution is -2.32. The molecular formula is C15H22N6O. The van der Waals surface area contributed by atoms with Crippen molar-refractivity contribution in [2.45, 2.75) is 32.4 Å². The summed E-state index contributed by atoms with van der Waals surface area (Å²) in [4.78, 5) is 12.2. The van der Waals surface area contributed by atoms with Crippen LogP contribution in [0.25, 0.3) is 0 Å². The van der Waals surface area contributed by atoms with Crippen molar-refractivity contribution in [2.75, 3.05) is 13.1 Å². The fourth-order valence-electron chi connectivity index (χ4n) is 2.71. The van der Waals surface area contributed by atoms with Crippen LogP contribution < -0.4 is 10.6 Å². The number of piperidine rings is 1. The molecule has 3 heterocycles. The standard InChI is InChI=1S/C15H22N6O/c1-11-12(9-18-20(11)2)8-17-15(22)14-5-7-21(19-14)13-4-3-6-16-10-13/h5,7,9,13,16H,3-4,6,8,10H2,1-2H3,(H,17,22). The molecule has 0 aromatic carbocycles. The van der Waals surface area contributed by atoms with Gasteiger partial charge in [-0.3, -0.25) is 14.2 Å². The lowest BCUT2D eigenvalue weighted by atomic mass is 10.1. The van der Waals surface area contributed by atoms with Crippen molar-refractivity contribution in [1.82, 2.24) is 30.2 Å². The molecule has 1 saturated heterocycles. The predicted octanol–water partition coefficient (Wildman–Crippen LogP) is 0.780. The van der Waals surface area contributed by atoms with E-state index in [4.69, 9.17) is 0 Å². The number of aromatic nitrogens is 4. The molecule has 0 radical (unpaired) electrons. The molecule has 1 fully saturated rings. The van der Waals surface area contributed by atoms with Crippen molar-refractivity contribution in [2.24, 2.45) is 7.05 Å². The van der Waals surface area contributed by atoms with Gasteiger partial charge < -0.3 is 10.6 Å². The second-order valence-electron chi connectivity index (χ2n) is 5.74. The van der Waals surface area contributed by atoms with Gasteiger partial charge in [0.15, 0.2) is 0 Å². The molecule has 0 aliphatic carbocycles. The number of rotatable bonds is 4. The molecule has 2 N–H and O–H groups in total. The molecule has 7 heteroatoms. The Balaban J connectivity index is 1.60. The normalized spacial score (nSPS) is 18.4. The maximum atomic E-state index is 12.2. The van der Waals surface area contributed by atoms with E-state index in [9.17, 15) is 4.79 Å². The molecule has 1 atom stereocenters. The van der Waals surface area contributed by atoms with Crippen LogP contribution in [-0.2, 0) is 13.6 Å². The van der Waals surface area contributed by atoms with Gasteiger partial charge in [-0.05, 0) is 32.4 Å². The summed E-state index contributed by atoms with van der Waals surface area (Å²) in [6.07, 6.45) is 5.92. The number of carbonyl (C=O) groups excluding carboxylic acids is 1. The van der Waals surface area contributed by atoms with Gasteiger partial charge >= 0.3 is 0 Å². The lowest BCUT2D eigenvalue weighted by molar-refractivity contribution is 0.0944. The molecule has 1 aliphatic heterocycles. The Labute approximate surface area is 129 Å². The van der Waals surface area contributed by atoms with Crippen LogP contribution in [0.3, 0.4) is 0 Å². The second kappa shape index (κ2) is 6.31. The van der Waals surface area contributed by atoms with Crippen LogP contribution in [0.5, 0.6) is 0 Å². The first-order valence-electron chi connectivity index (χ1n) is 7.66. The van der Waals surface area contributed by atoms with Gasteiger partial charge in [-0.25, -0.2) is 0 Å². The van der Waals surface area contributed by atoms with Gasteiger partial charge in [-0.2, -0.15) is 10.2 Å². The first-order chi connectivity index (χ1) is 10.6. The molecule has 0 saturated carbocycles. The maximum Gasteiger partial charge on any atom is 0.272 e. The molecule has 2 aromatic rings. The highest BCUT2D eigenvalue weighted by Gasteiger charge is 2.17. The highest BCUT2D eigenvalue weighted by molar-refractivity contribution is 5.92. The fourth-order valence-corrected chi connectivity index (χ4v) is 2.71. The average molecular weight is 302 g/mol. The van der Waals surface area contributed by atoms with Crippen LogP contribution in [0.4, 0.5) is 0 Å². The minimum atomic E-state index is -0.147. The van der Waals surface area contributed by atoms with Gasteiger partial charge in [0.2, 0.25) is 0 Å². The van der Waals surface area contributed by atoms with Crippen LogP contribution in [0.2, 0.25) is 0 Å². The first-order valence-corrected chi connectivity index (χ1v) is 7.66. The summed E-state index contributed by atoms with van der Waals surface area (Å²) < 4.78 is 3.70. The lowest BCUT2D eigenvalue weighted by Gasteiger charge is -2.22. The van der Waals surface area contributed by atoms with Crippen molar-refractivity contribution >= 4 is 5.91 Å². The molecular weight excluding hydrogens is 280 g/mol. The molecule has 1 aliphatic rings. The first kappa shape index (κ1) is 14.8. The van der Waals surface area contributed by atoms with Gasteiger partial charge in [0.1, 0.15) is 5.69 Å². The van der Waals surface area contributed by atoms with E-state index in [1.807, 2.05) is 24.9 Å². The summed E-state index contributed by atoms with van der Waals surface area (Å²) in [5, 5.41) is 14.8. The fraction of sp³-hybridized carbons (Fsp3) is 0.533. The van der Waals surface area contributed by atoms with Crippen molar-refractivity contribution in [3.8, 4) is 0 Å². The third-order valence-electron chi connectivity index (χ3n) is 4.26. The molecule has 3 rings (SSSR count). The number of hydrogen-bond acceptors (Lipinski definition) is 4. The van der Waals surface area contributed by atoms with Crippen LogP contribution in [0.1, 0.15) is 40.6 Å². The van der Waals surface area contributed by atoms with Gasteiger partial charge in [-0.1, -0.05) is 0 Å². The van der Waals surface area contributed by atoms with E-state index in [0.717, 1.165) is 37.2 Å². The Morgan fingerprint density at radius 3 is 3.09 bits per heavy atom. The summed E-state index contributed by atoms with van der Waals surface area (Å²) in [5.74, 6) is -0.147. The molecule has 118 valence electrons. The van der Waals surface area contributed by atoms with Crippen molar-refractivity contribution < 1.29 is 4.79 Å². The SMILES string of the molecule is Cc1c(CNC(=O)c2ccn(C3CCCNC3)n2)cnn1C. The largest absolute Gasteiger partial charge is 0.346 e. The minimum Gasteiger partial charge on any atom is -0.346 e. The van der Waals surface area contributed by atoms with E-state index < -0.39 is 0 Å². The second-order valence-corrected chi connectivity index (χ2v) is 5.74. The Kier molecular flexibility index (Phi) is 4.24. The average Bonchev–Trinajstić information content (AvgIpc) is 3.15. The monoisotopic (exact) mass is 302 g/mol. The number of aryl methyl sites for hydroxylation is 1. The summed E-state index contributed by atoms with van der Waals surface area (Å²) in [7, 11) is 1.89. The number of nitrogens with zero attached hydrogens (tertiary/aromatic N) is 4. The predicted molar refractivity (Wildman–Crippen MR) is 82.5 cm³/mol. The quantitative estimate of drug-likeness (QED) is 0.875. The zero-order valence-electron chi connectivity index (χ0n) is 13.0. The number of amides is 1. The smallest absolute Gasteiger partial charge is 0.272 e. The molecule has 1 unspecified atom stereocenters. The van der Waals surface area contributed by atoms with Crippen molar-refractivity contribution in [3.63, 3.8) is 0 Å². The third-order valence-corrected chi connectivity index (χ3v) is 4.26. The molecule has 1 amide bonds. The van der Waals surface area contributed by atoms with Gasteiger partial charge in [0.05, 0.1) is 12.2 Å². The van der Waals surface area contributed by atoms with E-state index in [0.29, 0.717) is 18.3 Å². The summed E-state index contributed by atoms with van der Waals surface area (Å²) >= 11 is 0. The summed E-state index contributed by atoms with van der Waals surface area (Å²) in [6, 6.07) is 2.12. The highest BCUT2D eigenvalue weighted by Crippen LogP contribution is 2.15. The molecule has 7 nitrogen and oxygen atoms in total. The zero-order chi connectivity index (χ0) is 15.5. The third kappa shape index (κ3) is 3.04. The number of hydrogen-bond donors (Lipinski definition) is 2. The summed E-state index contributed by atoms with van der Waals surface area (Å²) in [6.45, 7) is 4.43. The van der Waals surface area contributed by atoms with Crippen LogP contribution >= 0.6 is 0 Å². The number of carbonyl (C=O) groups is 1. The van der Waals surface area contributed by atoms with Gasteiger partial charge in [0, 0.05) is 37.6 Å². The van der Waals surface area contributed by atoms with E-state index >= 15 is 0 Å². The van der Waals surface area contributed by atoms with Gasteiger partial charge in [-0.15, -0.1) is 0 Å². The van der Waals surface area contributed by atoms with E-state index in [2.05, 4.69) is 20.8 Å². The van der Waals surface area contributed by atoms with Crippen LogP contribution in [-0.4, -0.2) is 38.6 Å². The molecule has 0 bridgehead atoms. The molecule has 0 spiro atoms. The van der Waals surface area contributed by atoms with Gasteiger partial charge in [0.25, 0.3) is 5.91 Å². The zero-order valence-corrected chi connectivity index (χ0v) is 13.0. The van der Waals surface area contributed by atoms with Crippen molar-refractivity contribution in [3.05, 3.63) is 35.4 Å². The van der Waals surface area contributed by atoms with E-state index in [1.165, 1.54) is 0 Å². The summed E-state index contributed by atoms with van der Waals surface area (Å²) in [5.41, 5.74) is 2.54. The van der Waals surface area contributed by atoms with Crippen molar-refractivity contribution in [1.29, 1.82) is 0 Å². The van der Waals surface area contributed by atoms with Crippen LogP contribution in [0, 0.1) is 6.92 Å². The Morgan fingerprint density at radius 2 is 2.41 bits per heavy atom. The molecule has 22 heavy (non-hydrogen) atoms. The van der Waals surface area contributed by atoms with Crippen LogP contribution in [0.15, 0.2) is 18.5 Å². The molecule has 2 aromatic heterocycles. The Hall–Kier alpha value is -2.15.